The lowest BCUT2D eigenvalue weighted by atomic mass is 9.94. The van der Waals surface area contributed by atoms with Crippen molar-refractivity contribution in [2.75, 3.05) is 14.2 Å². The number of methoxy groups -OCH3 is 2. The zero-order valence-electron chi connectivity index (χ0n) is 23.5. The summed E-state index contributed by atoms with van der Waals surface area (Å²) in [4.78, 5) is 25.3. The molecule has 2 rings (SSSR count). The van der Waals surface area contributed by atoms with Gasteiger partial charge in [0.05, 0.1) is 25.0 Å². The van der Waals surface area contributed by atoms with Crippen LogP contribution < -0.4 is 9.47 Å². The molecule has 0 bridgehead atoms. The second-order valence-corrected chi connectivity index (χ2v) is 11.0. The first-order valence-electron chi connectivity index (χ1n) is 14.2. The number of ether oxygens (including phenoxy) is 2. The van der Waals surface area contributed by atoms with Crippen molar-refractivity contribution in [1.82, 2.24) is 0 Å². The van der Waals surface area contributed by atoms with Gasteiger partial charge in [0.25, 0.3) is 0 Å². The molecule has 0 saturated carbocycles. The highest BCUT2D eigenvalue weighted by atomic mass is 32.1. The number of thiophene rings is 1. The Labute approximate surface area is 232 Å². The summed E-state index contributed by atoms with van der Waals surface area (Å²) < 4.78 is 11.6. The van der Waals surface area contributed by atoms with Gasteiger partial charge in [-0.05, 0) is 56.0 Å². The van der Waals surface area contributed by atoms with E-state index in [1.54, 1.807) is 14.2 Å². The minimum Gasteiger partial charge on any atom is -0.493 e. The van der Waals surface area contributed by atoms with E-state index in [1.807, 2.05) is 18.2 Å². The van der Waals surface area contributed by atoms with Gasteiger partial charge >= 0.3 is 5.97 Å². The largest absolute Gasteiger partial charge is 0.493 e. The van der Waals surface area contributed by atoms with E-state index in [0.717, 1.165) is 42.2 Å². The molecule has 5 nitrogen and oxygen atoms in total. The summed E-state index contributed by atoms with van der Waals surface area (Å²) >= 11 is 1.37. The lowest BCUT2D eigenvalue weighted by molar-refractivity contribution is -0.141. The molecule has 0 aliphatic heterocycles. The lowest BCUT2D eigenvalue weighted by Crippen LogP contribution is -2.17. The SMILES string of the molecule is CCCCC/C=C\C/C=C\CCCCCCCCC(CC(=O)c1cc2cc(OC)c(OC)cc2s1)C(=O)O. The molecule has 0 radical (unpaired) electrons. The maximum atomic E-state index is 12.9. The van der Waals surface area contributed by atoms with E-state index in [0.29, 0.717) is 22.8 Å². The van der Waals surface area contributed by atoms with Crippen LogP contribution in [0, 0.1) is 5.92 Å². The first-order chi connectivity index (χ1) is 18.5. The molecular weight excluding hydrogens is 496 g/mol. The number of carbonyl (C=O) groups excluding carboxylic acids is 1. The molecule has 1 atom stereocenters. The van der Waals surface area contributed by atoms with Gasteiger partial charge in [-0.15, -0.1) is 11.3 Å². The summed E-state index contributed by atoms with van der Waals surface area (Å²) in [7, 11) is 3.16. The zero-order valence-corrected chi connectivity index (χ0v) is 24.3. The van der Waals surface area contributed by atoms with E-state index in [-0.39, 0.29) is 12.2 Å². The van der Waals surface area contributed by atoms with Gasteiger partial charge < -0.3 is 14.6 Å². The van der Waals surface area contributed by atoms with Crippen LogP contribution >= 0.6 is 11.3 Å². The van der Waals surface area contributed by atoms with Crippen LogP contribution in [-0.2, 0) is 4.79 Å². The summed E-state index contributed by atoms with van der Waals surface area (Å²) in [6.45, 7) is 2.23. The fourth-order valence-corrected chi connectivity index (χ4v) is 5.54. The molecule has 0 saturated heterocycles. The third-order valence-electron chi connectivity index (χ3n) is 6.83. The molecule has 1 unspecified atom stereocenters. The van der Waals surface area contributed by atoms with Crippen molar-refractivity contribution in [2.24, 2.45) is 5.92 Å². The number of carboxylic acid groups (broad SMARTS) is 1. The Hall–Kier alpha value is -2.60. The fourth-order valence-electron chi connectivity index (χ4n) is 4.52. The standard InChI is InChI=1S/C32H46O5S/c1-4-5-6-7-8-9-10-11-12-13-14-15-16-17-18-19-20-25(32(34)35)21-27(33)31-23-26-22-28(36-2)29(37-3)24-30(26)38-31/h8-9,11-12,22-25H,4-7,10,13-21H2,1-3H3,(H,34,35)/b9-8-,12-11-. The third kappa shape index (κ3) is 11.4. The van der Waals surface area contributed by atoms with Gasteiger partial charge in [0.2, 0.25) is 0 Å². The summed E-state index contributed by atoms with van der Waals surface area (Å²) in [6, 6.07) is 5.53. The highest BCUT2D eigenvalue weighted by Gasteiger charge is 2.23. The predicted octanol–water partition coefficient (Wildman–Crippen LogP) is 9.40. The number of carboxylic acids is 1. The molecule has 2 aromatic rings. The molecule has 1 heterocycles. The molecule has 210 valence electrons. The van der Waals surface area contributed by atoms with Gasteiger partial charge in [-0.2, -0.15) is 0 Å². The van der Waals surface area contributed by atoms with Gasteiger partial charge in [0.1, 0.15) is 0 Å². The van der Waals surface area contributed by atoms with Gasteiger partial charge in [-0.3, -0.25) is 9.59 Å². The minimum absolute atomic E-state index is 0.0384. The van der Waals surface area contributed by atoms with Crippen LogP contribution in [0.2, 0.25) is 0 Å². The average molecular weight is 543 g/mol. The maximum absolute atomic E-state index is 12.9. The van der Waals surface area contributed by atoms with E-state index in [1.165, 1.54) is 56.3 Å². The van der Waals surface area contributed by atoms with Crippen molar-refractivity contribution >= 4 is 33.2 Å². The highest BCUT2D eigenvalue weighted by molar-refractivity contribution is 7.20. The van der Waals surface area contributed by atoms with E-state index in [9.17, 15) is 14.7 Å². The van der Waals surface area contributed by atoms with Crippen LogP contribution in [0.15, 0.2) is 42.5 Å². The second kappa shape index (κ2) is 18.6. The summed E-state index contributed by atoms with van der Waals surface area (Å²) in [5, 5.41) is 10.6. The number of hydrogen-bond acceptors (Lipinski definition) is 5. The van der Waals surface area contributed by atoms with Crippen LogP contribution in [0.1, 0.15) is 106 Å². The number of Topliss-reactive ketones (excluding diaryl/α,β-unsaturated/α-hetero) is 1. The minimum atomic E-state index is -0.884. The molecule has 1 N–H and O–H groups in total. The Morgan fingerprint density at radius 1 is 0.842 bits per heavy atom. The molecule has 0 aliphatic rings. The molecule has 38 heavy (non-hydrogen) atoms. The fraction of sp³-hybridized carbons (Fsp3) is 0.562. The number of hydrogen-bond donors (Lipinski definition) is 1. The zero-order chi connectivity index (χ0) is 27.6. The number of allylic oxidation sites excluding steroid dienone is 4. The Kier molecular flexibility index (Phi) is 15.5. The smallest absolute Gasteiger partial charge is 0.306 e. The van der Waals surface area contributed by atoms with Crippen LogP contribution in [0.3, 0.4) is 0 Å². The number of benzene rings is 1. The average Bonchev–Trinajstić information content (AvgIpc) is 3.34. The van der Waals surface area contributed by atoms with Gasteiger partial charge in [0.15, 0.2) is 17.3 Å². The first-order valence-corrected chi connectivity index (χ1v) is 15.0. The van der Waals surface area contributed by atoms with Crippen LogP contribution in [0.4, 0.5) is 0 Å². The molecule has 0 spiro atoms. The van der Waals surface area contributed by atoms with Gasteiger partial charge in [-0.25, -0.2) is 0 Å². The molecule has 0 amide bonds. The second-order valence-electron chi connectivity index (χ2n) is 9.89. The number of unbranched alkanes of at least 4 members (excludes halogenated alkanes) is 9. The Morgan fingerprint density at radius 3 is 2.08 bits per heavy atom. The number of ketones is 1. The van der Waals surface area contributed by atoms with Crippen molar-refractivity contribution in [2.45, 2.75) is 96.8 Å². The monoisotopic (exact) mass is 542 g/mol. The van der Waals surface area contributed by atoms with Crippen molar-refractivity contribution in [3.05, 3.63) is 47.4 Å². The highest BCUT2D eigenvalue weighted by Crippen LogP contribution is 2.37. The molecule has 0 fully saturated rings. The number of aliphatic carboxylic acids is 1. The quantitative estimate of drug-likeness (QED) is 0.0966. The molecule has 1 aromatic carbocycles. The Bertz CT molecular complexity index is 995. The number of fused-ring (bicyclic) bond motifs is 1. The van der Waals surface area contributed by atoms with Crippen LogP contribution in [0.25, 0.3) is 10.1 Å². The summed E-state index contributed by atoms with van der Waals surface area (Å²) in [6.07, 6.45) is 23.5. The maximum Gasteiger partial charge on any atom is 0.306 e. The third-order valence-corrected chi connectivity index (χ3v) is 7.97. The predicted molar refractivity (Wildman–Crippen MR) is 159 cm³/mol. The normalized spacial score (nSPS) is 12.5. The topological polar surface area (TPSA) is 72.8 Å². The summed E-state index contributed by atoms with van der Waals surface area (Å²) in [5.74, 6) is -0.413. The number of rotatable bonds is 21. The Balaban J connectivity index is 1.64. The first kappa shape index (κ1) is 31.6. The summed E-state index contributed by atoms with van der Waals surface area (Å²) in [5.41, 5.74) is 0. The van der Waals surface area contributed by atoms with E-state index < -0.39 is 11.9 Å². The van der Waals surface area contributed by atoms with Crippen molar-refractivity contribution in [3.8, 4) is 11.5 Å². The molecule has 0 aliphatic carbocycles. The number of carbonyl (C=O) groups is 2. The lowest BCUT2D eigenvalue weighted by Gasteiger charge is -2.11. The Morgan fingerprint density at radius 2 is 1.45 bits per heavy atom. The van der Waals surface area contributed by atoms with Crippen molar-refractivity contribution in [1.29, 1.82) is 0 Å². The van der Waals surface area contributed by atoms with Crippen molar-refractivity contribution < 1.29 is 24.2 Å². The van der Waals surface area contributed by atoms with Crippen LogP contribution in [-0.4, -0.2) is 31.1 Å². The van der Waals surface area contributed by atoms with Crippen molar-refractivity contribution in [3.63, 3.8) is 0 Å². The van der Waals surface area contributed by atoms with E-state index in [2.05, 4.69) is 31.2 Å². The van der Waals surface area contributed by atoms with E-state index >= 15 is 0 Å². The molecule has 6 heteroatoms. The molecular formula is C32H46O5S. The van der Waals surface area contributed by atoms with Crippen LogP contribution in [0.5, 0.6) is 11.5 Å². The molecule has 1 aromatic heterocycles. The van der Waals surface area contributed by atoms with Gasteiger partial charge in [-0.1, -0.05) is 76.2 Å². The van der Waals surface area contributed by atoms with E-state index in [4.69, 9.17) is 9.47 Å². The van der Waals surface area contributed by atoms with Gasteiger partial charge in [0, 0.05) is 17.2 Å².